The second kappa shape index (κ2) is 8.05. The zero-order valence-corrected chi connectivity index (χ0v) is 11.5. The molecular formula is C12H18N4O4. The van der Waals surface area contributed by atoms with E-state index in [1.54, 1.807) is 13.2 Å². The first-order valence-electron chi connectivity index (χ1n) is 6.02. The van der Waals surface area contributed by atoms with E-state index in [9.17, 15) is 9.59 Å². The summed E-state index contributed by atoms with van der Waals surface area (Å²) in [6.45, 7) is 1.43. The van der Waals surface area contributed by atoms with E-state index < -0.39 is 5.91 Å². The molecule has 0 spiro atoms. The second-order valence-electron chi connectivity index (χ2n) is 3.95. The molecule has 1 heterocycles. The molecule has 8 heteroatoms. The van der Waals surface area contributed by atoms with Gasteiger partial charge in [-0.2, -0.15) is 0 Å². The highest BCUT2D eigenvalue weighted by molar-refractivity contribution is 5.90. The van der Waals surface area contributed by atoms with Gasteiger partial charge in [0, 0.05) is 20.2 Å². The molecule has 1 rings (SSSR count). The summed E-state index contributed by atoms with van der Waals surface area (Å²) in [7, 11) is 2.92. The van der Waals surface area contributed by atoms with E-state index in [4.69, 9.17) is 10.5 Å². The maximum atomic E-state index is 11.2. The van der Waals surface area contributed by atoms with Crippen LogP contribution in [0.15, 0.2) is 12.1 Å². The van der Waals surface area contributed by atoms with E-state index in [1.165, 1.54) is 13.2 Å². The number of amides is 1. The largest absolute Gasteiger partial charge is 0.469 e. The molecule has 0 aliphatic carbocycles. The molecule has 2 N–H and O–H groups in total. The Morgan fingerprint density at radius 3 is 2.50 bits per heavy atom. The Hall–Kier alpha value is -2.22. The number of carbonyl (C=O) groups excluding carboxylic acids is 2. The number of hydrogen-bond acceptors (Lipinski definition) is 7. The quantitative estimate of drug-likeness (QED) is 0.646. The number of nitrogens with zero attached hydrogens (tertiary/aromatic N) is 3. The predicted octanol–water partition coefficient (Wildman–Crippen LogP) is -0.409. The highest BCUT2D eigenvalue weighted by Gasteiger charge is 2.12. The van der Waals surface area contributed by atoms with Gasteiger partial charge in [-0.25, -0.2) is 0 Å². The average Bonchev–Trinajstić information content (AvgIpc) is 2.47. The van der Waals surface area contributed by atoms with Crippen molar-refractivity contribution in [2.45, 2.75) is 6.42 Å². The molecule has 0 radical (unpaired) electrons. The second-order valence-corrected chi connectivity index (χ2v) is 3.95. The van der Waals surface area contributed by atoms with E-state index in [1.807, 2.05) is 4.90 Å². The van der Waals surface area contributed by atoms with Crippen molar-refractivity contribution < 1.29 is 19.1 Å². The fraction of sp³-hybridized carbons (Fsp3) is 0.500. The standard InChI is InChI=1S/C12H18N4O4/c1-19-8-7-16(6-5-11(17)20-2)10-4-3-9(12(13)18)14-15-10/h3-4H,5-8H2,1-2H3,(H2,13,18). The van der Waals surface area contributed by atoms with Gasteiger partial charge in [0.05, 0.1) is 20.1 Å². The lowest BCUT2D eigenvalue weighted by atomic mass is 10.3. The van der Waals surface area contributed by atoms with Gasteiger partial charge in [-0.05, 0) is 12.1 Å². The first-order chi connectivity index (χ1) is 9.58. The zero-order valence-electron chi connectivity index (χ0n) is 11.5. The fourth-order valence-electron chi connectivity index (χ4n) is 1.50. The number of aromatic nitrogens is 2. The minimum Gasteiger partial charge on any atom is -0.469 e. The van der Waals surface area contributed by atoms with E-state index in [0.717, 1.165) is 0 Å². The molecule has 0 aromatic carbocycles. The number of primary amides is 1. The maximum Gasteiger partial charge on any atom is 0.307 e. The Bertz CT molecular complexity index is 449. The molecule has 0 saturated heterocycles. The zero-order chi connectivity index (χ0) is 15.0. The van der Waals surface area contributed by atoms with Crippen molar-refractivity contribution in [2.24, 2.45) is 5.73 Å². The lowest BCUT2D eigenvalue weighted by Gasteiger charge is -2.22. The normalized spacial score (nSPS) is 10.1. The summed E-state index contributed by atoms with van der Waals surface area (Å²) in [5.41, 5.74) is 5.19. The molecular weight excluding hydrogens is 264 g/mol. The Morgan fingerprint density at radius 2 is 2.00 bits per heavy atom. The summed E-state index contributed by atoms with van der Waals surface area (Å²) in [5, 5.41) is 7.66. The lowest BCUT2D eigenvalue weighted by Crippen LogP contribution is -2.31. The van der Waals surface area contributed by atoms with Gasteiger partial charge in [0.1, 0.15) is 0 Å². The van der Waals surface area contributed by atoms with Crippen LogP contribution in [0.5, 0.6) is 0 Å². The molecule has 20 heavy (non-hydrogen) atoms. The summed E-state index contributed by atoms with van der Waals surface area (Å²) < 4.78 is 9.61. The van der Waals surface area contributed by atoms with E-state index >= 15 is 0 Å². The SMILES string of the molecule is COCCN(CCC(=O)OC)c1ccc(C(N)=O)nn1. The summed E-state index contributed by atoms with van der Waals surface area (Å²) in [5.74, 6) is -0.410. The van der Waals surface area contributed by atoms with E-state index in [0.29, 0.717) is 25.5 Å². The predicted molar refractivity (Wildman–Crippen MR) is 71.3 cm³/mol. The van der Waals surface area contributed by atoms with Gasteiger partial charge in [0.25, 0.3) is 5.91 Å². The van der Waals surface area contributed by atoms with Crippen LogP contribution < -0.4 is 10.6 Å². The highest BCUT2D eigenvalue weighted by atomic mass is 16.5. The minimum absolute atomic E-state index is 0.0911. The molecule has 0 unspecified atom stereocenters. The monoisotopic (exact) mass is 282 g/mol. The van der Waals surface area contributed by atoms with Gasteiger partial charge in [0.2, 0.25) is 0 Å². The number of methoxy groups -OCH3 is 2. The van der Waals surface area contributed by atoms with Crippen LogP contribution in [0.4, 0.5) is 5.82 Å². The fourth-order valence-corrected chi connectivity index (χ4v) is 1.50. The summed E-state index contributed by atoms with van der Waals surface area (Å²) in [6, 6.07) is 3.11. The van der Waals surface area contributed by atoms with E-state index in [2.05, 4.69) is 14.9 Å². The van der Waals surface area contributed by atoms with Gasteiger partial charge >= 0.3 is 5.97 Å². The van der Waals surface area contributed by atoms with Crippen molar-refractivity contribution >= 4 is 17.7 Å². The van der Waals surface area contributed by atoms with Crippen LogP contribution in [0.25, 0.3) is 0 Å². The van der Waals surface area contributed by atoms with Crippen molar-refractivity contribution in [1.82, 2.24) is 10.2 Å². The third-order valence-electron chi connectivity index (χ3n) is 2.61. The lowest BCUT2D eigenvalue weighted by molar-refractivity contribution is -0.140. The number of anilines is 1. The Kier molecular flexibility index (Phi) is 6.38. The topological polar surface area (TPSA) is 108 Å². The Balaban J connectivity index is 2.75. The molecule has 0 aliphatic heterocycles. The van der Waals surface area contributed by atoms with Crippen LogP contribution in [0.2, 0.25) is 0 Å². The number of esters is 1. The van der Waals surface area contributed by atoms with Crippen molar-refractivity contribution in [1.29, 1.82) is 0 Å². The molecule has 110 valence electrons. The molecule has 8 nitrogen and oxygen atoms in total. The van der Waals surface area contributed by atoms with Gasteiger partial charge in [-0.1, -0.05) is 0 Å². The van der Waals surface area contributed by atoms with Crippen LogP contribution in [-0.2, 0) is 14.3 Å². The average molecular weight is 282 g/mol. The first-order valence-corrected chi connectivity index (χ1v) is 6.02. The van der Waals surface area contributed by atoms with Gasteiger partial charge < -0.3 is 20.1 Å². The Labute approximate surface area is 116 Å². The minimum atomic E-state index is -0.637. The third-order valence-corrected chi connectivity index (χ3v) is 2.61. The van der Waals surface area contributed by atoms with Crippen molar-refractivity contribution in [3.63, 3.8) is 0 Å². The number of carbonyl (C=O) groups is 2. The first kappa shape index (κ1) is 15.8. The molecule has 0 bridgehead atoms. The molecule has 0 fully saturated rings. The molecule has 0 aliphatic rings. The van der Waals surface area contributed by atoms with Crippen molar-refractivity contribution in [3.05, 3.63) is 17.8 Å². The van der Waals surface area contributed by atoms with Crippen LogP contribution >= 0.6 is 0 Å². The summed E-state index contributed by atoms with van der Waals surface area (Å²) >= 11 is 0. The van der Waals surface area contributed by atoms with Crippen LogP contribution in [0.3, 0.4) is 0 Å². The molecule has 1 aromatic heterocycles. The molecule has 1 aromatic rings. The van der Waals surface area contributed by atoms with Gasteiger partial charge in [-0.3, -0.25) is 9.59 Å². The molecule has 1 amide bonds. The van der Waals surface area contributed by atoms with Gasteiger partial charge in [0.15, 0.2) is 11.5 Å². The Morgan fingerprint density at radius 1 is 1.25 bits per heavy atom. The van der Waals surface area contributed by atoms with Gasteiger partial charge in [-0.15, -0.1) is 10.2 Å². The van der Waals surface area contributed by atoms with E-state index in [-0.39, 0.29) is 18.1 Å². The molecule has 0 atom stereocenters. The number of rotatable bonds is 8. The number of nitrogens with two attached hydrogens (primary N) is 1. The summed E-state index contributed by atoms with van der Waals surface area (Å²) in [6.07, 6.45) is 0.222. The third kappa shape index (κ3) is 4.81. The van der Waals surface area contributed by atoms with Crippen LogP contribution in [0, 0.1) is 0 Å². The van der Waals surface area contributed by atoms with Crippen molar-refractivity contribution in [2.75, 3.05) is 38.8 Å². The molecule has 0 saturated carbocycles. The summed E-state index contributed by atoms with van der Waals surface area (Å²) in [4.78, 5) is 23.9. The number of ether oxygens (including phenoxy) is 2. The maximum absolute atomic E-state index is 11.2. The van der Waals surface area contributed by atoms with Crippen LogP contribution in [0.1, 0.15) is 16.9 Å². The smallest absolute Gasteiger partial charge is 0.307 e. The van der Waals surface area contributed by atoms with Crippen molar-refractivity contribution in [3.8, 4) is 0 Å². The van der Waals surface area contributed by atoms with Crippen LogP contribution in [-0.4, -0.2) is 56.0 Å². The number of hydrogen-bond donors (Lipinski definition) is 1. The highest BCUT2D eigenvalue weighted by Crippen LogP contribution is 2.10.